The minimum Gasteiger partial charge on any atom is -0.481 e. The Bertz CT molecular complexity index is 317. The standard InChI is InChI=1S/C6H6N2O4/c9-5(10)1-4-3(6(11)12)2-7-8-4/h2H,1H2,(H,7,8)(H,9,10)(H,11,12). The molecule has 0 aliphatic heterocycles. The van der Waals surface area contributed by atoms with Gasteiger partial charge in [0.2, 0.25) is 0 Å². The number of rotatable bonds is 3. The summed E-state index contributed by atoms with van der Waals surface area (Å²) in [4.78, 5) is 20.6. The summed E-state index contributed by atoms with van der Waals surface area (Å²) < 4.78 is 0. The summed E-state index contributed by atoms with van der Waals surface area (Å²) in [6.45, 7) is 0. The van der Waals surface area contributed by atoms with Crippen LogP contribution in [0.2, 0.25) is 0 Å². The van der Waals surface area contributed by atoms with Crippen molar-refractivity contribution in [2.45, 2.75) is 6.42 Å². The predicted octanol–water partition coefficient (Wildman–Crippen LogP) is -0.265. The van der Waals surface area contributed by atoms with Crippen molar-refractivity contribution >= 4 is 11.9 Å². The fourth-order valence-corrected chi connectivity index (χ4v) is 0.781. The van der Waals surface area contributed by atoms with Gasteiger partial charge in [-0.1, -0.05) is 0 Å². The van der Waals surface area contributed by atoms with E-state index in [1.807, 2.05) is 0 Å². The van der Waals surface area contributed by atoms with E-state index in [4.69, 9.17) is 10.2 Å². The number of aromatic nitrogens is 2. The molecule has 0 aromatic carbocycles. The van der Waals surface area contributed by atoms with E-state index < -0.39 is 11.9 Å². The second kappa shape index (κ2) is 3.04. The van der Waals surface area contributed by atoms with Crippen LogP contribution in [0, 0.1) is 0 Å². The Morgan fingerprint density at radius 1 is 1.50 bits per heavy atom. The number of aliphatic carboxylic acids is 1. The highest BCUT2D eigenvalue weighted by molar-refractivity contribution is 5.89. The number of carbonyl (C=O) groups is 2. The van der Waals surface area contributed by atoms with E-state index in [9.17, 15) is 9.59 Å². The lowest BCUT2D eigenvalue weighted by atomic mass is 10.2. The van der Waals surface area contributed by atoms with Crippen molar-refractivity contribution < 1.29 is 19.8 Å². The van der Waals surface area contributed by atoms with Crippen molar-refractivity contribution in [1.29, 1.82) is 0 Å². The topological polar surface area (TPSA) is 103 Å². The summed E-state index contributed by atoms with van der Waals surface area (Å²) >= 11 is 0. The van der Waals surface area contributed by atoms with Crippen molar-refractivity contribution in [3.63, 3.8) is 0 Å². The highest BCUT2D eigenvalue weighted by atomic mass is 16.4. The van der Waals surface area contributed by atoms with Crippen LogP contribution in [0.4, 0.5) is 0 Å². The Balaban J connectivity index is 2.91. The van der Waals surface area contributed by atoms with Gasteiger partial charge in [0.05, 0.1) is 12.1 Å². The first kappa shape index (κ1) is 8.25. The van der Waals surface area contributed by atoms with Crippen LogP contribution in [0.3, 0.4) is 0 Å². The van der Waals surface area contributed by atoms with Gasteiger partial charge in [0.25, 0.3) is 0 Å². The molecular formula is C6H6N2O4. The van der Waals surface area contributed by atoms with Gasteiger partial charge in [-0.2, -0.15) is 5.10 Å². The average Bonchev–Trinajstić information content (AvgIpc) is 2.33. The van der Waals surface area contributed by atoms with Crippen LogP contribution >= 0.6 is 0 Å². The highest BCUT2D eigenvalue weighted by Crippen LogP contribution is 2.04. The van der Waals surface area contributed by atoms with E-state index in [1.165, 1.54) is 0 Å². The Labute approximate surface area is 66.8 Å². The molecule has 0 saturated heterocycles. The van der Waals surface area contributed by atoms with Crippen LogP contribution in [0.1, 0.15) is 16.1 Å². The minimum absolute atomic E-state index is 0.0370. The number of carboxylic acid groups (broad SMARTS) is 2. The van der Waals surface area contributed by atoms with E-state index in [0.29, 0.717) is 0 Å². The average molecular weight is 170 g/mol. The number of aromatic carboxylic acids is 1. The molecule has 0 unspecified atom stereocenters. The van der Waals surface area contributed by atoms with E-state index in [1.54, 1.807) is 0 Å². The van der Waals surface area contributed by atoms with Crippen LogP contribution in [0.25, 0.3) is 0 Å². The molecule has 0 aliphatic carbocycles. The van der Waals surface area contributed by atoms with Gasteiger partial charge >= 0.3 is 11.9 Å². The molecule has 1 rings (SSSR count). The van der Waals surface area contributed by atoms with Gasteiger partial charge in [-0.25, -0.2) is 4.79 Å². The molecule has 0 fully saturated rings. The van der Waals surface area contributed by atoms with Crippen molar-refractivity contribution in [1.82, 2.24) is 10.2 Å². The van der Waals surface area contributed by atoms with Crippen molar-refractivity contribution in [2.24, 2.45) is 0 Å². The van der Waals surface area contributed by atoms with Crippen molar-refractivity contribution in [3.8, 4) is 0 Å². The van der Waals surface area contributed by atoms with E-state index in [0.717, 1.165) is 6.20 Å². The zero-order chi connectivity index (χ0) is 9.14. The molecule has 0 saturated carbocycles. The largest absolute Gasteiger partial charge is 0.481 e. The maximum atomic E-state index is 10.4. The van der Waals surface area contributed by atoms with Crippen LogP contribution in [0.5, 0.6) is 0 Å². The van der Waals surface area contributed by atoms with E-state index in [-0.39, 0.29) is 17.7 Å². The Morgan fingerprint density at radius 3 is 2.67 bits per heavy atom. The van der Waals surface area contributed by atoms with Gasteiger partial charge in [-0.3, -0.25) is 9.89 Å². The third-order valence-corrected chi connectivity index (χ3v) is 1.27. The number of carboxylic acids is 2. The van der Waals surface area contributed by atoms with Gasteiger partial charge in [0.15, 0.2) is 0 Å². The molecule has 0 bridgehead atoms. The third kappa shape index (κ3) is 1.60. The second-order valence-electron chi connectivity index (χ2n) is 2.12. The minimum atomic E-state index is -1.18. The Kier molecular flexibility index (Phi) is 2.09. The van der Waals surface area contributed by atoms with Crippen LogP contribution in [0.15, 0.2) is 6.20 Å². The monoisotopic (exact) mass is 170 g/mol. The van der Waals surface area contributed by atoms with Crippen molar-refractivity contribution in [2.75, 3.05) is 0 Å². The quantitative estimate of drug-likeness (QED) is 0.579. The lowest BCUT2D eigenvalue weighted by molar-refractivity contribution is -0.136. The zero-order valence-corrected chi connectivity index (χ0v) is 5.94. The summed E-state index contributed by atoms with van der Waals surface area (Å²) in [5.41, 5.74) is -0.0626. The van der Waals surface area contributed by atoms with Gasteiger partial charge in [-0.05, 0) is 0 Å². The SMILES string of the molecule is O=C(O)Cc1n[nH]cc1C(=O)O. The maximum absolute atomic E-state index is 10.4. The molecular weight excluding hydrogens is 164 g/mol. The Hall–Kier alpha value is -1.85. The Morgan fingerprint density at radius 2 is 2.17 bits per heavy atom. The molecule has 1 aromatic rings. The first-order valence-corrected chi connectivity index (χ1v) is 3.09. The number of nitrogens with one attached hydrogen (secondary N) is 1. The van der Waals surface area contributed by atoms with E-state index in [2.05, 4.69) is 10.2 Å². The summed E-state index contributed by atoms with van der Waals surface area (Å²) in [7, 11) is 0. The maximum Gasteiger partial charge on any atom is 0.339 e. The number of aromatic amines is 1. The molecule has 6 nitrogen and oxygen atoms in total. The predicted molar refractivity (Wildman–Crippen MR) is 36.9 cm³/mol. The molecule has 12 heavy (non-hydrogen) atoms. The second-order valence-corrected chi connectivity index (χ2v) is 2.12. The summed E-state index contributed by atoms with van der Waals surface area (Å²) in [6.07, 6.45) is 0.770. The number of nitrogens with zero attached hydrogens (tertiary/aromatic N) is 1. The number of hydrogen-bond donors (Lipinski definition) is 3. The molecule has 6 heteroatoms. The van der Waals surface area contributed by atoms with E-state index >= 15 is 0 Å². The summed E-state index contributed by atoms with van der Waals surface area (Å²) in [5.74, 6) is -2.29. The fraction of sp³-hybridized carbons (Fsp3) is 0.167. The first-order chi connectivity index (χ1) is 5.61. The normalized spacial score (nSPS) is 9.67. The molecule has 0 atom stereocenters. The smallest absolute Gasteiger partial charge is 0.339 e. The summed E-state index contributed by atoms with van der Waals surface area (Å²) in [6, 6.07) is 0. The highest BCUT2D eigenvalue weighted by Gasteiger charge is 2.14. The molecule has 0 aliphatic rings. The first-order valence-electron chi connectivity index (χ1n) is 3.09. The zero-order valence-electron chi connectivity index (χ0n) is 5.94. The molecule has 1 heterocycles. The molecule has 1 aromatic heterocycles. The van der Waals surface area contributed by atoms with Gasteiger partial charge in [0.1, 0.15) is 5.56 Å². The summed E-state index contributed by atoms with van der Waals surface area (Å²) in [5, 5.41) is 22.6. The van der Waals surface area contributed by atoms with Gasteiger partial charge < -0.3 is 10.2 Å². The van der Waals surface area contributed by atoms with Crippen LogP contribution in [-0.2, 0) is 11.2 Å². The lowest BCUT2D eigenvalue weighted by Gasteiger charge is -1.91. The molecule has 3 N–H and O–H groups in total. The van der Waals surface area contributed by atoms with Gasteiger partial charge in [-0.15, -0.1) is 0 Å². The molecule has 0 spiro atoms. The van der Waals surface area contributed by atoms with Crippen molar-refractivity contribution in [3.05, 3.63) is 17.5 Å². The molecule has 0 radical (unpaired) electrons. The number of hydrogen-bond acceptors (Lipinski definition) is 3. The van der Waals surface area contributed by atoms with Crippen LogP contribution < -0.4 is 0 Å². The van der Waals surface area contributed by atoms with Gasteiger partial charge in [0, 0.05) is 6.20 Å². The fourth-order valence-electron chi connectivity index (χ4n) is 0.781. The molecule has 0 amide bonds. The van der Waals surface area contributed by atoms with Crippen LogP contribution in [-0.4, -0.2) is 32.3 Å². The third-order valence-electron chi connectivity index (χ3n) is 1.27. The molecule has 64 valence electrons. The number of H-pyrrole nitrogens is 1. The lowest BCUT2D eigenvalue weighted by Crippen LogP contribution is -2.06.